The summed E-state index contributed by atoms with van der Waals surface area (Å²) in [4.78, 5) is 62.0. The number of imide groups is 2. The van der Waals surface area contributed by atoms with Crippen LogP contribution in [0.2, 0.25) is 0 Å². The molecule has 25 heavy (non-hydrogen) atoms. The number of fused-ring (bicyclic) bond motifs is 1. The molecule has 1 unspecified atom stereocenters. The first-order valence-electron chi connectivity index (χ1n) is 7.95. The molecule has 2 N–H and O–H groups in total. The Morgan fingerprint density at radius 1 is 1.24 bits per heavy atom. The highest BCUT2D eigenvalue weighted by molar-refractivity contribution is 6.26. The first kappa shape index (κ1) is 16.8. The molecule has 0 bridgehead atoms. The standard InChI is InChI=1S/C17H17N3O5/c1-3-11(21)18-10-6-4-5-9-13(10)15(24)20(14(9)23)17(2)8-7-12(22)19-16(17)25/h4-6H,3,7-8H2,1-2H3,(H,18,21)(H,19,22,25). The lowest BCUT2D eigenvalue weighted by atomic mass is 9.89. The van der Waals surface area contributed by atoms with Crippen LogP contribution in [0.4, 0.5) is 5.69 Å². The van der Waals surface area contributed by atoms with E-state index in [2.05, 4.69) is 10.6 Å². The van der Waals surface area contributed by atoms with E-state index < -0.39 is 29.2 Å². The summed E-state index contributed by atoms with van der Waals surface area (Å²) in [5.74, 6) is -2.68. The van der Waals surface area contributed by atoms with E-state index in [4.69, 9.17) is 0 Å². The van der Waals surface area contributed by atoms with E-state index in [9.17, 15) is 24.0 Å². The molecule has 1 aromatic rings. The highest BCUT2D eigenvalue weighted by Crippen LogP contribution is 2.36. The predicted molar refractivity (Wildman–Crippen MR) is 86.7 cm³/mol. The van der Waals surface area contributed by atoms with Crippen molar-refractivity contribution in [3.8, 4) is 0 Å². The number of hydrogen-bond acceptors (Lipinski definition) is 5. The number of rotatable bonds is 3. The fraction of sp³-hybridized carbons (Fsp3) is 0.353. The minimum absolute atomic E-state index is 0.0368. The number of amides is 5. The Morgan fingerprint density at radius 3 is 2.60 bits per heavy atom. The van der Waals surface area contributed by atoms with Crippen LogP contribution in [0.5, 0.6) is 0 Å². The van der Waals surface area contributed by atoms with Gasteiger partial charge in [0.05, 0.1) is 16.8 Å². The van der Waals surface area contributed by atoms with Gasteiger partial charge >= 0.3 is 0 Å². The van der Waals surface area contributed by atoms with Crippen LogP contribution in [-0.4, -0.2) is 40.0 Å². The van der Waals surface area contributed by atoms with Gasteiger partial charge in [-0.05, 0) is 25.5 Å². The van der Waals surface area contributed by atoms with E-state index in [1.54, 1.807) is 13.0 Å². The minimum atomic E-state index is -1.45. The van der Waals surface area contributed by atoms with Gasteiger partial charge in [0.2, 0.25) is 11.8 Å². The van der Waals surface area contributed by atoms with E-state index in [1.165, 1.54) is 19.1 Å². The van der Waals surface area contributed by atoms with Crippen LogP contribution in [-0.2, 0) is 14.4 Å². The van der Waals surface area contributed by atoms with Crippen molar-refractivity contribution in [1.29, 1.82) is 0 Å². The summed E-state index contributed by atoms with van der Waals surface area (Å²) < 4.78 is 0. The lowest BCUT2D eigenvalue weighted by Crippen LogP contribution is -2.62. The summed E-state index contributed by atoms with van der Waals surface area (Å²) in [6, 6.07) is 4.58. The van der Waals surface area contributed by atoms with E-state index >= 15 is 0 Å². The number of nitrogens with zero attached hydrogens (tertiary/aromatic N) is 1. The van der Waals surface area contributed by atoms with Crippen LogP contribution in [0, 0.1) is 0 Å². The van der Waals surface area contributed by atoms with Gasteiger partial charge in [-0.3, -0.25) is 34.2 Å². The molecule has 0 spiro atoms. The summed E-state index contributed by atoms with van der Waals surface area (Å²) >= 11 is 0. The minimum Gasteiger partial charge on any atom is -0.325 e. The largest absolute Gasteiger partial charge is 0.325 e. The van der Waals surface area contributed by atoms with Gasteiger partial charge in [0.25, 0.3) is 17.7 Å². The second-order valence-corrected chi connectivity index (χ2v) is 6.23. The first-order chi connectivity index (χ1) is 11.8. The van der Waals surface area contributed by atoms with Gasteiger partial charge in [0, 0.05) is 12.8 Å². The van der Waals surface area contributed by atoms with Gasteiger partial charge in [-0.1, -0.05) is 13.0 Å². The summed E-state index contributed by atoms with van der Waals surface area (Å²) in [5.41, 5.74) is -1.02. The molecule has 0 saturated carbocycles. The summed E-state index contributed by atoms with van der Waals surface area (Å²) in [5, 5.41) is 4.78. The fourth-order valence-corrected chi connectivity index (χ4v) is 3.08. The Kier molecular flexibility index (Phi) is 3.90. The number of anilines is 1. The molecule has 5 amide bonds. The van der Waals surface area contributed by atoms with Gasteiger partial charge in [-0.15, -0.1) is 0 Å². The molecule has 0 radical (unpaired) electrons. The maximum Gasteiger partial charge on any atom is 0.264 e. The normalized spacial score (nSPS) is 22.7. The average molecular weight is 343 g/mol. The number of hydrogen-bond donors (Lipinski definition) is 2. The van der Waals surface area contributed by atoms with Gasteiger partial charge in [0.15, 0.2) is 0 Å². The quantitative estimate of drug-likeness (QED) is 0.789. The van der Waals surface area contributed by atoms with Crippen molar-refractivity contribution in [1.82, 2.24) is 10.2 Å². The Labute approximate surface area is 143 Å². The van der Waals surface area contributed by atoms with Gasteiger partial charge in [-0.25, -0.2) is 0 Å². The van der Waals surface area contributed by atoms with Crippen molar-refractivity contribution in [2.75, 3.05) is 5.32 Å². The molecule has 0 aliphatic carbocycles. The Balaban J connectivity index is 2.03. The van der Waals surface area contributed by atoms with Gasteiger partial charge in [0.1, 0.15) is 5.54 Å². The molecule has 2 heterocycles. The van der Waals surface area contributed by atoms with Gasteiger partial charge < -0.3 is 5.32 Å². The molecule has 1 atom stereocenters. The first-order valence-corrected chi connectivity index (χ1v) is 7.95. The van der Waals surface area contributed by atoms with E-state index in [0.717, 1.165) is 4.90 Å². The van der Waals surface area contributed by atoms with Crippen molar-refractivity contribution < 1.29 is 24.0 Å². The number of piperidine rings is 1. The van der Waals surface area contributed by atoms with Crippen molar-refractivity contribution in [2.24, 2.45) is 0 Å². The van der Waals surface area contributed by atoms with Crippen molar-refractivity contribution in [3.05, 3.63) is 29.3 Å². The molecule has 0 aromatic heterocycles. The second-order valence-electron chi connectivity index (χ2n) is 6.23. The molecule has 1 aromatic carbocycles. The summed E-state index contributed by atoms with van der Waals surface area (Å²) in [6.07, 6.45) is 0.312. The fourth-order valence-electron chi connectivity index (χ4n) is 3.08. The highest BCUT2D eigenvalue weighted by Gasteiger charge is 2.53. The van der Waals surface area contributed by atoms with Crippen molar-refractivity contribution >= 4 is 35.2 Å². The Hall–Kier alpha value is -3.03. The Bertz CT molecular complexity index is 832. The number of benzene rings is 1. The van der Waals surface area contributed by atoms with Crippen LogP contribution < -0.4 is 10.6 Å². The lowest BCUT2D eigenvalue weighted by Gasteiger charge is -2.38. The predicted octanol–water partition coefficient (Wildman–Crippen LogP) is 0.826. The molecule has 8 heteroatoms. The molecule has 1 saturated heterocycles. The van der Waals surface area contributed by atoms with Gasteiger partial charge in [-0.2, -0.15) is 0 Å². The third kappa shape index (κ3) is 2.50. The number of nitrogens with one attached hydrogen (secondary N) is 2. The smallest absolute Gasteiger partial charge is 0.264 e. The zero-order valence-electron chi connectivity index (χ0n) is 13.8. The molecule has 8 nitrogen and oxygen atoms in total. The van der Waals surface area contributed by atoms with Crippen LogP contribution in [0.15, 0.2) is 18.2 Å². The van der Waals surface area contributed by atoms with E-state index in [-0.39, 0.29) is 42.0 Å². The van der Waals surface area contributed by atoms with E-state index in [1.807, 2.05) is 0 Å². The zero-order valence-corrected chi connectivity index (χ0v) is 13.8. The molecule has 2 aliphatic rings. The third-order valence-electron chi connectivity index (χ3n) is 4.58. The third-order valence-corrected chi connectivity index (χ3v) is 4.58. The van der Waals surface area contributed by atoms with Crippen LogP contribution >= 0.6 is 0 Å². The van der Waals surface area contributed by atoms with Crippen molar-refractivity contribution in [2.45, 2.75) is 38.6 Å². The average Bonchev–Trinajstić information content (AvgIpc) is 2.84. The van der Waals surface area contributed by atoms with E-state index in [0.29, 0.717) is 0 Å². The summed E-state index contributed by atoms with van der Waals surface area (Å²) in [7, 11) is 0. The molecule has 1 fully saturated rings. The molecular weight excluding hydrogens is 326 g/mol. The number of carbonyl (C=O) groups excluding carboxylic acids is 5. The highest BCUT2D eigenvalue weighted by atomic mass is 16.2. The van der Waals surface area contributed by atoms with Crippen molar-refractivity contribution in [3.63, 3.8) is 0 Å². The van der Waals surface area contributed by atoms with Crippen LogP contribution in [0.1, 0.15) is 53.8 Å². The zero-order chi connectivity index (χ0) is 18.4. The lowest BCUT2D eigenvalue weighted by molar-refractivity contribution is -0.141. The molecule has 3 rings (SSSR count). The number of carbonyl (C=O) groups is 5. The maximum atomic E-state index is 12.9. The Morgan fingerprint density at radius 2 is 1.96 bits per heavy atom. The van der Waals surface area contributed by atoms with Crippen LogP contribution in [0.3, 0.4) is 0 Å². The van der Waals surface area contributed by atoms with Crippen LogP contribution in [0.25, 0.3) is 0 Å². The SMILES string of the molecule is CCC(=O)Nc1cccc2c1C(=O)N(C1(C)CCC(=O)NC1=O)C2=O. The molecule has 130 valence electrons. The molecular formula is C17H17N3O5. The molecule has 2 aliphatic heterocycles. The summed E-state index contributed by atoms with van der Waals surface area (Å²) in [6.45, 7) is 3.13. The monoisotopic (exact) mass is 343 g/mol. The second kappa shape index (κ2) is 5.80. The topological polar surface area (TPSA) is 113 Å². The maximum absolute atomic E-state index is 12.9.